The van der Waals surface area contributed by atoms with Crippen LogP contribution in [0.25, 0.3) is 11.4 Å². The van der Waals surface area contributed by atoms with Gasteiger partial charge in [-0.25, -0.2) is 0 Å². The molecule has 0 N–H and O–H groups in total. The van der Waals surface area contributed by atoms with E-state index in [1.807, 2.05) is 53.4 Å². The first-order valence-corrected chi connectivity index (χ1v) is 10.6. The van der Waals surface area contributed by atoms with Crippen LogP contribution in [-0.2, 0) is 17.8 Å². The minimum Gasteiger partial charge on any atom is -0.497 e. The fraction of sp³-hybridized carbons (Fsp3) is 0.375. The van der Waals surface area contributed by atoms with Crippen LogP contribution in [0.2, 0.25) is 0 Å². The number of carbonyl (C=O) groups is 1. The molecule has 0 saturated carbocycles. The van der Waals surface area contributed by atoms with Crippen molar-refractivity contribution in [2.75, 3.05) is 33.3 Å². The smallest absolute Gasteiger partial charge is 0.241 e. The molecule has 0 unspecified atom stereocenters. The molecular formula is C24H28N4O3. The number of aryl methyl sites for hydroxylation is 1. The van der Waals surface area contributed by atoms with E-state index in [1.165, 1.54) is 5.56 Å². The van der Waals surface area contributed by atoms with Crippen LogP contribution in [0.15, 0.2) is 53.1 Å². The summed E-state index contributed by atoms with van der Waals surface area (Å²) in [6, 6.07) is 15.8. The second-order valence-corrected chi connectivity index (χ2v) is 7.92. The summed E-state index contributed by atoms with van der Waals surface area (Å²) in [4.78, 5) is 21.6. The van der Waals surface area contributed by atoms with Gasteiger partial charge in [-0.3, -0.25) is 9.69 Å². The molecule has 0 spiro atoms. The van der Waals surface area contributed by atoms with Crippen LogP contribution < -0.4 is 4.74 Å². The van der Waals surface area contributed by atoms with Crippen molar-refractivity contribution >= 4 is 5.91 Å². The largest absolute Gasteiger partial charge is 0.497 e. The molecule has 1 saturated heterocycles. The highest BCUT2D eigenvalue weighted by Crippen LogP contribution is 2.18. The molecule has 4 rings (SSSR count). The van der Waals surface area contributed by atoms with Crippen LogP contribution >= 0.6 is 0 Å². The standard InChI is InChI=1S/C24H28N4O3/c1-18-7-9-20(10-8-18)24-25-22(31-26-24)17-27-11-4-12-28(14-13-27)23(29)16-19-5-3-6-21(15-19)30-2/h3,5-10,15H,4,11-14,16-17H2,1-2H3. The molecule has 0 radical (unpaired) electrons. The fourth-order valence-electron chi connectivity index (χ4n) is 3.78. The third-order valence-electron chi connectivity index (χ3n) is 5.57. The molecule has 2 heterocycles. The summed E-state index contributed by atoms with van der Waals surface area (Å²) in [5, 5.41) is 4.12. The normalized spacial score (nSPS) is 15.0. The van der Waals surface area contributed by atoms with Crippen molar-refractivity contribution in [1.29, 1.82) is 0 Å². The molecule has 1 fully saturated rings. The number of benzene rings is 2. The molecule has 0 bridgehead atoms. The summed E-state index contributed by atoms with van der Waals surface area (Å²) in [5.74, 6) is 2.14. The highest BCUT2D eigenvalue weighted by molar-refractivity contribution is 5.79. The number of hydrogen-bond donors (Lipinski definition) is 0. The van der Waals surface area contributed by atoms with Gasteiger partial charge >= 0.3 is 0 Å². The van der Waals surface area contributed by atoms with E-state index in [0.29, 0.717) is 31.2 Å². The molecule has 1 aromatic heterocycles. The van der Waals surface area contributed by atoms with Crippen molar-refractivity contribution in [3.8, 4) is 17.1 Å². The zero-order valence-electron chi connectivity index (χ0n) is 18.1. The molecule has 0 aliphatic carbocycles. The van der Waals surface area contributed by atoms with Gasteiger partial charge in [-0.2, -0.15) is 4.98 Å². The number of amides is 1. The molecule has 1 aliphatic rings. The Hall–Kier alpha value is -3.19. The van der Waals surface area contributed by atoms with Crippen LogP contribution in [0.5, 0.6) is 5.75 Å². The summed E-state index contributed by atoms with van der Waals surface area (Å²) in [6.45, 7) is 5.78. The monoisotopic (exact) mass is 420 g/mol. The lowest BCUT2D eigenvalue weighted by Crippen LogP contribution is -2.36. The third kappa shape index (κ3) is 5.49. The molecule has 1 amide bonds. The maximum atomic E-state index is 12.8. The van der Waals surface area contributed by atoms with Crippen molar-refractivity contribution in [3.05, 3.63) is 65.5 Å². The van der Waals surface area contributed by atoms with Crippen LogP contribution in [0, 0.1) is 6.92 Å². The van der Waals surface area contributed by atoms with E-state index in [2.05, 4.69) is 22.0 Å². The molecule has 1 aliphatic heterocycles. The minimum atomic E-state index is 0.148. The summed E-state index contributed by atoms with van der Waals surface area (Å²) in [6.07, 6.45) is 1.31. The first-order valence-electron chi connectivity index (χ1n) is 10.6. The van der Waals surface area contributed by atoms with Crippen LogP contribution in [0.3, 0.4) is 0 Å². The lowest BCUT2D eigenvalue weighted by Gasteiger charge is -2.21. The third-order valence-corrected chi connectivity index (χ3v) is 5.57. The highest BCUT2D eigenvalue weighted by atomic mass is 16.5. The Morgan fingerprint density at radius 3 is 2.74 bits per heavy atom. The molecular weight excluding hydrogens is 392 g/mol. The second kappa shape index (κ2) is 9.75. The molecule has 7 nitrogen and oxygen atoms in total. The molecule has 2 aromatic carbocycles. The van der Waals surface area contributed by atoms with Crippen molar-refractivity contribution in [3.63, 3.8) is 0 Å². The van der Waals surface area contributed by atoms with Crippen LogP contribution in [0.1, 0.15) is 23.4 Å². The molecule has 0 atom stereocenters. The summed E-state index contributed by atoms with van der Waals surface area (Å²) in [7, 11) is 1.64. The first kappa shape index (κ1) is 21.1. The van der Waals surface area contributed by atoms with E-state index in [9.17, 15) is 4.79 Å². The van der Waals surface area contributed by atoms with Crippen molar-refractivity contribution in [2.24, 2.45) is 0 Å². The van der Waals surface area contributed by atoms with E-state index in [1.54, 1.807) is 7.11 Å². The first-order chi connectivity index (χ1) is 15.1. The minimum absolute atomic E-state index is 0.148. The maximum Gasteiger partial charge on any atom is 0.241 e. The SMILES string of the molecule is COc1cccc(CC(=O)N2CCCN(Cc3nc(-c4ccc(C)cc4)no3)CC2)c1. The van der Waals surface area contributed by atoms with E-state index in [-0.39, 0.29) is 5.91 Å². The number of ether oxygens (including phenoxy) is 1. The average molecular weight is 421 g/mol. The van der Waals surface area contributed by atoms with Gasteiger partial charge in [0.1, 0.15) is 5.75 Å². The van der Waals surface area contributed by atoms with Gasteiger partial charge in [0.25, 0.3) is 0 Å². The number of hydrogen-bond acceptors (Lipinski definition) is 6. The number of methoxy groups -OCH3 is 1. The van der Waals surface area contributed by atoms with Crippen molar-refractivity contribution < 1.29 is 14.1 Å². The predicted molar refractivity (Wildman–Crippen MR) is 118 cm³/mol. The zero-order chi connectivity index (χ0) is 21.6. The Kier molecular flexibility index (Phi) is 6.62. The van der Waals surface area contributed by atoms with Gasteiger partial charge in [0.15, 0.2) is 0 Å². The second-order valence-electron chi connectivity index (χ2n) is 7.92. The highest BCUT2D eigenvalue weighted by Gasteiger charge is 2.21. The number of carbonyl (C=O) groups excluding carboxylic acids is 1. The zero-order valence-corrected chi connectivity index (χ0v) is 18.1. The summed E-state index contributed by atoms with van der Waals surface area (Å²) >= 11 is 0. The Bertz CT molecular complexity index is 1020. The van der Waals surface area contributed by atoms with E-state index < -0.39 is 0 Å². The molecule has 162 valence electrons. The number of nitrogens with zero attached hydrogens (tertiary/aromatic N) is 4. The lowest BCUT2D eigenvalue weighted by atomic mass is 10.1. The molecule has 7 heteroatoms. The van der Waals surface area contributed by atoms with Gasteiger partial charge in [-0.1, -0.05) is 47.1 Å². The van der Waals surface area contributed by atoms with Gasteiger partial charge < -0.3 is 14.2 Å². The molecule has 31 heavy (non-hydrogen) atoms. The van der Waals surface area contributed by atoms with E-state index in [4.69, 9.17) is 9.26 Å². The van der Waals surface area contributed by atoms with Crippen molar-refractivity contribution in [1.82, 2.24) is 19.9 Å². The summed E-state index contributed by atoms with van der Waals surface area (Å²) < 4.78 is 10.7. The van der Waals surface area contributed by atoms with E-state index in [0.717, 1.165) is 42.9 Å². The maximum absolute atomic E-state index is 12.8. The average Bonchev–Trinajstić information content (AvgIpc) is 3.11. The van der Waals surface area contributed by atoms with Gasteiger partial charge in [-0.05, 0) is 31.0 Å². The predicted octanol–water partition coefficient (Wildman–Crippen LogP) is 3.33. The van der Waals surface area contributed by atoms with Crippen LogP contribution in [-0.4, -0.2) is 59.1 Å². The number of rotatable bonds is 6. The summed E-state index contributed by atoms with van der Waals surface area (Å²) in [5.41, 5.74) is 3.12. The fourth-order valence-corrected chi connectivity index (χ4v) is 3.78. The number of aromatic nitrogens is 2. The van der Waals surface area contributed by atoms with Gasteiger partial charge in [0.2, 0.25) is 17.6 Å². The van der Waals surface area contributed by atoms with Crippen molar-refractivity contribution in [2.45, 2.75) is 26.3 Å². The van der Waals surface area contributed by atoms with Crippen LogP contribution in [0.4, 0.5) is 0 Å². The molecule has 3 aromatic rings. The topological polar surface area (TPSA) is 71.7 Å². The Morgan fingerprint density at radius 2 is 1.94 bits per heavy atom. The Labute approximate surface area is 182 Å². The quantitative estimate of drug-likeness (QED) is 0.609. The van der Waals surface area contributed by atoms with E-state index >= 15 is 0 Å². The van der Waals surface area contributed by atoms with Gasteiger partial charge in [0, 0.05) is 31.7 Å². The Morgan fingerprint density at radius 1 is 1.10 bits per heavy atom. The Balaban J connectivity index is 1.32. The lowest BCUT2D eigenvalue weighted by molar-refractivity contribution is -0.130. The van der Waals surface area contributed by atoms with Gasteiger partial charge in [0.05, 0.1) is 20.1 Å². The van der Waals surface area contributed by atoms with Gasteiger partial charge in [-0.15, -0.1) is 0 Å².